The van der Waals surface area contributed by atoms with Crippen molar-refractivity contribution in [1.82, 2.24) is 5.32 Å². The molecule has 3 amide bonds. The van der Waals surface area contributed by atoms with Crippen molar-refractivity contribution < 1.29 is 23.9 Å². The van der Waals surface area contributed by atoms with Crippen molar-refractivity contribution >= 4 is 29.8 Å². The van der Waals surface area contributed by atoms with Crippen LogP contribution in [-0.2, 0) is 4.79 Å². The van der Waals surface area contributed by atoms with Crippen LogP contribution in [0.4, 0.5) is 4.79 Å². The number of rotatable bonds is 5. The highest BCUT2D eigenvalue weighted by Crippen LogP contribution is 2.36. The van der Waals surface area contributed by atoms with Crippen molar-refractivity contribution in [1.29, 1.82) is 0 Å². The average Bonchev–Trinajstić information content (AvgIpc) is 2.39. The van der Waals surface area contributed by atoms with E-state index in [1.54, 1.807) is 0 Å². The number of amides is 3. The number of carbonyl (C=O) groups excluding carboxylic acids is 3. The van der Waals surface area contributed by atoms with Crippen LogP contribution in [0.1, 0.15) is 17.3 Å². The van der Waals surface area contributed by atoms with Crippen LogP contribution in [0.15, 0.2) is 12.1 Å². The fraction of sp³-hybridized carbons (Fsp3) is 0.250. The molecule has 0 aromatic heterocycles. The summed E-state index contributed by atoms with van der Waals surface area (Å²) >= 11 is 5.96. The Hall–Kier alpha value is -2.28. The maximum absolute atomic E-state index is 11.5. The first kappa shape index (κ1) is 15.8. The normalized spacial score (nSPS) is 11.3. The zero-order valence-corrected chi connectivity index (χ0v) is 11.6. The quantitative estimate of drug-likeness (QED) is 0.792. The number of urea groups is 1. The highest BCUT2D eigenvalue weighted by molar-refractivity contribution is 6.32. The van der Waals surface area contributed by atoms with Gasteiger partial charge in [0.15, 0.2) is 17.6 Å². The molecule has 20 heavy (non-hydrogen) atoms. The summed E-state index contributed by atoms with van der Waals surface area (Å²) in [7, 11) is 1.36. The predicted molar refractivity (Wildman–Crippen MR) is 71.2 cm³/mol. The number of hydrogen-bond donors (Lipinski definition) is 2. The minimum atomic E-state index is -1.03. The van der Waals surface area contributed by atoms with E-state index < -0.39 is 18.0 Å². The van der Waals surface area contributed by atoms with Gasteiger partial charge in [0.2, 0.25) is 0 Å². The second kappa shape index (κ2) is 6.76. The van der Waals surface area contributed by atoms with Gasteiger partial charge in [-0.25, -0.2) is 4.79 Å². The summed E-state index contributed by atoms with van der Waals surface area (Å²) in [6, 6.07) is 1.79. The van der Waals surface area contributed by atoms with Crippen molar-refractivity contribution in [3.8, 4) is 11.5 Å². The summed E-state index contributed by atoms with van der Waals surface area (Å²) in [5.74, 6) is -0.444. The monoisotopic (exact) mass is 300 g/mol. The number of nitrogens with two attached hydrogens (primary N) is 1. The Morgan fingerprint density at radius 3 is 2.60 bits per heavy atom. The third-order valence-electron chi connectivity index (χ3n) is 2.30. The van der Waals surface area contributed by atoms with Crippen molar-refractivity contribution in [3.63, 3.8) is 0 Å². The van der Waals surface area contributed by atoms with Crippen LogP contribution in [0.2, 0.25) is 5.02 Å². The molecule has 0 saturated heterocycles. The Labute approximate surface area is 120 Å². The molecular formula is C12H13ClN2O5. The van der Waals surface area contributed by atoms with Crippen LogP contribution in [0.25, 0.3) is 0 Å². The molecule has 1 rings (SSSR count). The standard InChI is InChI=1S/C12H13ClN2O5/c1-6(11(17)15-12(14)18)20-10-8(13)3-7(5-16)4-9(10)19-2/h3-6H,1-2H3,(H3,14,15,17,18). The minimum Gasteiger partial charge on any atom is -0.493 e. The van der Waals surface area contributed by atoms with Gasteiger partial charge in [-0.3, -0.25) is 14.9 Å². The first-order valence-electron chi connectivity index (χ1n) is 5.48. The smallest absolute Gasteiger partial charge is 0.318 e. The number of primary amides is 1. The molecule has 3 N–H and O–H groups in total. The fourth-order valence-electron chi connectivity index (χ4n) is 1.38. The number of ether oxygens (including phenoxy) is 2. The van der Waals surface area contributed by atoms with E-state index in [-0.39, 0.29) is 16.5 Å². The number of imide groups is 1. The van der Waals surface area contributed by atoms with E-state index in [0.717, 1.165) is 0 Å². The molecule has 108 valence electrons. The van der Waals surface area contributed by atoms with E-state index in [4.69, 9.17) is 26.8 Å². The van der Waals surface area contributed by atoms with Gasteiger partial charge >= 0.3 is 6.03 Å². The average molecular weight is 301 g/mol. The van der Waals surface area contributed by atoms with Crippen LogP contribution in [-0.4, -0.2) is 31.4 Å². The molecule has 0 bridgehead atoms. The van der Waals surface area contributed by atoms with Gasteiger partial charge in [-0.2, -0.15) is 0 Å². The molecule has 0 aliphatic heterocycles. The number of halogens is 1. The fourth-order valence-corrected chi connectivity index (χ4v) is 1.64. The maximum atomic E-state index is 11.5. The van der Waals surface area contributed by atoms with Crippen molar-refractivity contribution in [2.45, 2.75) is 13.0 Å². The molecule has 0 heterocycles. The lowest BCUT2D eigenvalue weighted by Crippen LogP contribution is -2.42. The zero-order chi connectivity index (χ0) is 15.3. The first-order valence-corrected chi connectivity index (χ1v) is 5.86. The maximum Gasteiger partial charge on any atom is 0.318 e. The summed E-state index contributed by atoms with van der Waals surface area (Å²) < 4.78 is 10.4. The summed E-state index contributed by atoms with van der Waals surface area (Å²) in [4.78, 5) is 32.8. The van der Waals surface area contributed by atoms with Crippen LogP contribution in [0.3, 0.4) is 0 Å². The number of nitrogens with one attached hydrogen (secondary N) is 1. The molecule has 7 nitrogen and oxygen atoms in total. The van der Waals surface area contributed by atoms with Crippen LogP contribution in [0, 0.1) is 0 Å². The number of aldehydes is 1. The van der Waals surface area contributed by atoms with Crippen LogP contribution >= 0.6 is 11.6 Å². The highest BCUT2D eigenvalue weighted by Gasteiger charge is 2.20. The van der Waals surface area contributed by atoms with E-state index in [1.807, 2.05) is 5.32 Å². The molecule has 0 fully saturated rings. The lowest BCUT2D eigenvalue weighted by Gasteiger charge is -2.17. The number of methoxy groups -OCH3 is 1. The van der Waals surface area contributed by atoms with Crippen LogP contribution < -0.4 is 20.5 Å². The van der Waals surface area contributed by atoms with E-state index in [9.17, 15) is 14.4 Å². The topological polar surface area (TPSA) is 108 Å². The molecule has 0 aliphatic rings. The highest BCUT2D eigenvalue weighted by atomic mass is 35.5. The Kier molecular flexibility index (Phi) is 5.33. The third kappa shape index (κ3) is 3.86. The Bertz CT molecular complexity index is 547. The molecular weight excluding hydrogens is 288 g/mol. The van der Waals surface area contributed by atoms with Gasteiger partial charge in [0.05, 0.1) is 12.1 Å². The molecule has 0 radical (unpaired) electrons. The van der Waals surface area contributed by atoms with Gasteiger partial charge in [-0.05, 0) is 19.1 Å². The second-order valence-electron chi connectivity index (χ2n) is 3.77. The number of hydrogen-bond acceptors (Lipinski definition) is 5. The third-order valence-corrected chi connectivity index (χ3v) is 2.58. The Balaban J connectivity index is 2.99. The molecule has 0 aliphatic carbocycles. The number of benzene rings is 1. The van der Waals surface area contributed by atoms with E-state index in [0.29, 0.717) is 11.8 Å². The van der Waals surface area contributed by atoms with Gasteiger partial charge in [-0.15, -0.1) is 0 Å². The van der Waals surface area contributed by atoms with Gasteiger partial charge in [0.1, 0.15) is 6.29 Å². The molecule has 1 aromatic rings. The first-order chi connectivity index (χ1) is 9.38. The summed E-state index contributed by atoms with van der Waals surface area (Å²) in [6.07, 6.45) is -0.433. The Morgan fingerprint density at radius 1 is 1.45 bits per heavy atom. The van der Waals surface area contributed by atoms with Crippen molar-refractivity contribution in [2.24, 2.45) is 5.73 Å². The SMILES string of the molecule is COc1cc(C=O)cc(Cl)c1OC(C)C(=O)NC(N)=O. The van der Waals surface area contributed by atoms with Gasteiger partial charge < -0.3 is 15.2 Å². The van der Waals surface area contributed by atoms with Gasteiger partial charge in [0.25, 0.3) is 5.91 Å². The Morgan fingerprint density at radius 2 is 2.10 bits per heavy atom. The van der Waals surface area contributed by atoms with E-state index in [2.05, 4.69) is 0 Å². The molecule has 8 heteroatoms. The summed E-state index contributed by atoms with van der Waals surface area (Å²) in [5, 5.41) is 1.98. The molecule has 1 unspecified atom stereocenters. The van der Waals surface area contributed by atoms with Gasteiger partial charge in [0, 0.05) is 5.56 Å². The molecule has 0 saturated carbocycles. The van der Waals surface area contributed by atoms with E-state index >= 15 is 0 Å². The van der Waals surface area contributed by atoms with Crippen LogP contribution in [0.5, 0.6) is 11.5 Å². The van der Waals surface area contributed by atoms with Crippen molar-refractivity contribution in [3.05, 3.63) is 22.7 Å². The predicted octanol–water partition coefficient (Wildman–Crippen LogP) is 1.12. The zero-order valence-electron chi connectivity index (χ0n) is 10.8. The number of carbonyl (C=O) groups is 3. The molecule has 1 atom stereocenters. The largest absolute Gasteiger partial charge is 0.493 e. The molecule has 1 aromatic carbocycles. The van der Waals surface area contributed by atoms with E-state index in [1.165, 1.54) is 26.2 Å². The lowest BCUT2D eigenvalue weighted by molar-refractivity contribution is -0.126. The minimum absolute atomic E-state index is 0.0897. The molecule has 0 spiro atoms. The van der Waals surface area contributed by atoms with Gasteiger partial charge in [-0.1, -0.05) is 11.6 Å². The summed E-state index contributed by atoms with van der Waals surface area (Å²) in [5.41, 5.74) is 5.13. The second-order valence-corrected chi connectivity index (χ2v) is 4.17. The lowest BCUT2D eigenvalue weighted by atomic mass is 10.2. The summed E-state index contributed by atoms with van der Waals surface area (Å²) in [6.45, 7) is 1.40. The van der Waals surface area contributed by atoms with Crippen molar-refractivity contribution in [2.75, 3.05) is 7.11 Å².